The van der Waals surface area contributed by atoms with E-state index in [0.29, 0.717) is 22.5 Å². The molecule has 0 radical (unpaired) electrons. The monoisotopic (exact) mass is 341 g/mol. The van der Waals surface area contributed by atoms with Crippen LogP contribution in [-0.2, 0) is 0 Å². The molecule has 0 aliphatic rings. The first-order chi connectivity index (χ1) is 12.0. The predicted octanol–water partition coefficient (Wildman–Crippen LogP) is 3.22. The van der Waals surface area contributed by atoms with Crippen LogP contribution in [0, 0.1) is 0 Å². The van der Waals surface area contributed by atoms with E-state index in [1.807, 2.05) is 13.8 Å². The summed E-state index contributed by atoms with van der Waals surface area (Å²) in [6, 6.07) is 8.04. The van der Waals surface area contributed by atoms with Gasteiger partial charge >= 0.3 is 5.63 Å². The third-order valence-corrected chi connectivity index (χ3v) is 4.12. The van der Waals surface area contributed by atoms with Crippen LogP contribution in [0.25, 0.3) is 11.0 Å². The number of rotatable bonds is 5. The van der Waals surface area contributed by atoms with Gasteiger partial charge in [0.05, 0.1) is 24.9 Å². The lowest BCUT2D eigenvalue weighted by Crippen LogP contribution is -2.19. The number of carbonyl (C=O) groups is 1. The molecular formula is C18H19N3O4. The highest BCUT2D eigenvalue weighted by Gasteiger charge is 2.17. The van der Waals surface area contributed by atoms with Crippen molar-refractivity contribution in [1.82, 2.24) is 9.78 Å². The summed E-state index contributed by atoms with van der Waals surface area (Å²) in [6.07, 6.45) is 2.51. The lowest BCUT2D eigenvalue weighted by Gasteiger charge is -2.14. The second kappa shape index (κ2) is 6.80. The normalized spacial score (nSPS) is 12.1. The number of fused-ring (bicyclic) bond motifs is 1. The van der Waals surface area contributed by atoms with Crippen LogP contribution in [0.5, 0.6) is 5.75 Å². The molecule has 0 bridgehead atoms. The molecule has 0 aliphatic carbocycles. The zero-order valence-corrected chi connectivity index (χ0v) is 14.3. The molecule has 7 heteroatoms. The van der Waals surface area contributed by atoms with E-state index in [4.69, 9.17) is 9.15 Å². The molecule has 1 unspecified atom stereocenters. The molecule has 1 aromatic carbocycles. The van der Waals surface area contributed by atoms with Crippen molar-refractivity contribution in [2.45, 2.75) is 26.3 Å². The minimum Gasteiger partial charge on any atom is -0.497 e. The first-order valence-electron chi connectivity index (χ1n) is 8.00. The second-order valence-corrected chi connectivity index (χ2v) is 5.71. The predicted molar refractivity (Wildman–Crippen MR) is 94.2 cm³/mol. The maximum Gasteiger partial charge on any atom is 0.337 e. The summed E-state index contributed by atoms with van der Waals surface area (Å²) in [5, 5.41) is 7.60. The second-order valence-electron chi connectivity index (χ2n) is 5.71. The molecule has 1 N–H and O–H groups in total. The number of nitrogens with zero attached hydrogens (tertiary/aromatic N) is 2. The van der Waals surface area contributed by atoms with E-state index in [1.54, 1.807) is 35.1 Å². The summed E-state index contributed by atoms with van der Waals surface area (Å²) in [4.78, 5) is 24.6. The molecule has 25 heavy (non-hydrogen) atoms. The Bertz CT molecular complexity index is 974. The molecule has 0 saturated carbocycles. The van der Waals surface area contributed by atoms with Gasteiger partial charge < -0.3 is 14.5 Å². The zero-order chi connectivity index (χ0) is 18.0. The average molecular weight is 341 g/mol. The van der Waals surface area contributed by atoms with Gasteiger partial charge in [0.2, 0.25) is 0 Å². The Balaban J connectivity index is 2.00. The van der Waals surface area contributed by atoms with Gasteiger partial charge in [0.15, 0.2) is 0 Å². The van der Waals surface area contributed by atoms with Crippen molar-refractivity contribution in [2.75, 3.05) is 12.4 Å². The fourth-order valence-corrected chi connectivity index (χ4v) is 2.58. The van der Waals surface area contributed by atoms with Crippen LogP contribution >= 0.6 is 0 Å². The Morgan fingerprint density at radius 1 is 1.36 bits per heavy atom. The Labute approximate surface area is 144 Å². The molecule has 130 valence electrons. The number of aromatic nitrogens is 2. The number of methoxy groups -OCH3 is 1. The summed E-state index contributed by atoms with van der Waals surface area (Å²) in [6.45, 7) is 4.06. The molecule has 1 amide bonds. The Hall–Kier alpha value is -3.09. The first kappa shape index (κ1) is 16.8. The molecule has 0 saturated heterocycles. The van der Waals surface area contributed by atoms with Crippen LogP contribution in [0.4, 0.5) is 5.82 Å². The van der Waals surface area contributed by atoms with Crippen LogP contribution in [0.15, 0.2) is 45.7 Å². The molecular weight excluding hydrogens is 322 g/mol. The van der Waals surface area contributed by atoms with E-state index in [1.165, 1.54) is 13.2 Å². The molecule has 3 rings (SSSR count). The SMILES string of the molecule is CCC(C)n1nccc1NC(=O)c1cc(=O)oc2cc(OC)ccc12. The maximum absolute atomic E-state index is 12.7. The van der Waals surface area contributed by atoms with Crippen molar-refractivity contribution in [1.29, 1.82) is 0 Å². The third-order valence-electron chi connectivity index (χ3n) is 4.12. The highest BCUT2D eigenvalue weighted by atomic mass is 16.5. The van der Waals surface area contributed by atoms with Gasteiger partial charge in [0, 0.05) is 23.6 Å². The van der Waals surface area contributed by atoms with E-state index in [-0.39, 0.29) is 11.6 Å². The lowest BCUT2D eigenvalue weighted by atomic mass is 10.1. The number of hydrogen-bond donors (Lipinski definition) is 1. The maximum atomic E-state index is 12.7. The van der Waals surface area contributed by atoms with Gasteiger partial charge in [-0.25, -0.2) is 9.48 Å². The van der Waals surface area contributed by atoms with Gasteiger partial charge in [-0.1, -0.05) is 6.92 Å². The van der Waals surface area contributed by atoms with E-state index in [2.05, 4.69) is 10.4 Å². The van der Waals surface area contributed by atoms with Crippen molar-refractivity contribution in [2.24, 2.45) is 0 Å². The Kier molecular flexibility index (Phi) is 4.56. The van der Waals surface area contributed by atoms with Gasteiger partial charge in [-0.15, -0.1) is 0 Å². The molecule has 7 nitrogen and oxygen atoms in total. The van der Waals surface area contributed by atoms with E-state index >= 15 is 0 Å². The van der Waals surface area contributed by atoms with Crippen LogP contribution in [-0.4, -0.2) is 22.8 Å². The fourth-order valence-electron chi connectivity index (χ4n) is 2.58. The minimum atomic E-state index is -0.596. The number of nitrogens with one attached hydrogen (secondary N) is 1. The lowest BCUT2D eigenvalue weighted by molar-refractivity contribution is 0.102. The average Bonchev–Trinajstić information content (AvgIpc) is 3.07. The minimum absolute atomic E-state index is 0.146. The third kappa shape index (κ3) is 3.26. The summed E-state index contributed by atoms with van der Waals surface area (Å²) < 4.78 is 12.0. The van der Waals surface area contributed by atoms with E-state index in [0.717, 1.165) is 6.42 Å². The van der Waals surface area contributed by atoms with Gasteiger partial charge in [-0.3, -0.25) is 4.79 Å². The van der Waals surface area contributed by atoms with E-state index < -0.39 is 11.5 Å². The van der Waals surface area contributed by atoms with Crippen LogP contribution in [0.2, 0.25) is 0 Å². The van der Waals surface area contributed by atoms with E-state index in [9.17, 15) is 9.59 Å². The Morgan fingerprint density at radius 3 is 2.88 bits per heavy atom. The number of carbonyl (C=O) groups excluding carboxylic acids is 1. The van der Waals surface area contributed by atoms with Crippen molar-refractivity contribution in [3.63, 3.8) is 0 Å². The molecule has 0 spiro atoms. The molecule has 3 aromatic rings. The smallest absolute Gasteiger partial charge is 0.337 e. The summed E-state index contributed by atoms with van der Waals surface area (Å²) >= 11 is 0. The molecule has 2 aromatic heterocycles. The number of anilines is 1. The van der Waals surface area contributed by atoms with Crippen LogP contribution < -0.4 is 15.7 Å². The number of amides is 1. The zero-order valence-electron chi connectivity index (χ0n) is 14.3. The highest BCUT2D eigenvalue weighted by molar-refractivity contribution is 6.11. The topological polar surface area (TPSA) is 86.4 Å². The molecule has 0 aliphatic heterocycles. The summed E-state index contributed by atoms with van der Waals surface area (Å²) in [5.74, 6) is 0.727. The van der Waals surface area contributed by atoms with Crippen LogP contribution in [0.1, 0.15) is 36.7 Å². The van der Waals surface area contributed by atoms with Crippen LogP contribution in [0.3, 0.4) is 0 Å². The van der Waals surface area contributed by atoms with Crippen molar-refractivity contribution in [3.05, 3.63) is 52.5 Å². The molecule has 1 atom stereocenters. The summed E-state index contributed by atoms with van der Waals surface area (Å²) in [7, 11) is 1.52. The largest absolute Gasteiger partial charge is 0.497 e. The number of hydrogen-bond acceptors (Lipinski definition) is 5. The van der Waals surface area contributed by atoms with Crippen molar-refractivity contribution < 1.29 is 13.9 Å². The summed E-state index contributed by atoms with van der Waals surface area (Å²) in [5.41, 5.74) is -0.0559. The van der Waals surface area contributed by atoms with Crippen molar-refractivity contribution >= 4 is 22.7 Å². The van der Waals surface area contributed by atoms with Gasteiger partial charge in [0.25, 0.3) is 5.91 Å². The quantitative estimate of drug-likeness (QED) is 0.720. The molecule has 2 heterocycles. The van der Waals surface area contributed by atoms with Crippen molar-refractivity contribution in [3.8, 4) is 5.75 Å². The first-order valence-corrected chi connectivity index (χ1v) is 8.00. The number of benzene rings is 1. The van der Waals surface area contributed by atoms with Gasteiger partial charge in [0.1, 0.15) is 17.2 Å². The fraction of sp³-hybridized carbons (Fsp3) is 0.278. The number of ether oxygens (including phenoxy) is 1. The van der Waals surface area contributed by atoms with Gasteiger partial charge in [-0.2, -0.15) is 5.10 Å². The van der Waals surface area contributed by atoms with Gasteiger partial charge in [-0.05, 0) is 25.5 Å². The Morgan fingerprint density at radius 2 is 2.16 bits per heavy atom. The highest BCUT2D eigenvalue weighted by Crippen LogP contribution is 2.24. The standard InChI is InChI=1S/C18H19N3O4/c1-4-11(2)21-16(7-8-19-21)20-18(23)14-10-17(22)25-15-9-12(24-3)5-6-13(14)15/h5-11H,4H2,1-3H3,(H,20,23). The molecule has 0 fully saturated rings.